The fourth-order valence-corrected chi connectivity index (χ4v) is 7.72. The molecule has 10 heteroatoms. The zero-order valence-electron chi connectivity index (χ0n) is 26.8. The first-order valence-electron chi connectivity index (χ1n) is 16.3. The van der Waals surface area contributed by atoms with Crippen LogP contribution in [0.4, 0.5) is 11.4 Å². The summed E-state index contributed by atoms with van der Waals surface area (Å²) in [7, 11) is -3.92. The van der Waals surface area contributed by atoms with Crippen LogP contribution < -0.4 is 9.46 Å². The number of sulfonamides is 1. The maximum absolute atomic E-state index is 13.6. The fraction of sp³-hybridized carbons (Fsp3) is 0.417. The highest BCUT2D eigenvalue weighted by atomic mass is 32.2. The molecule has 0 unspecified atom stereocenters. The minimum atomic E-state index is -3.92. The topological polar surface area (TPSA) is 108 Å². The summed E-state index contributed by atoms with van der Waals surface area (Å²) >= 11 is 0. The molecule has 2 aliphatic rings. The van der Waals surface area contributed by atoms with Crippen molar-refractivity contribution in [2.24, 2.45) is 4.99 Å². The van der Waals surface area contributed by atoms with E-state index >= 15 is 0 Å². The van der Waals surface area contributed by atoms with Crippen LogP contribution in [0.2, 0.25) is 0 Å². The highest BCUT2D eigenvalue weighted by molar-refractivity contribution is 7.92. The van der Waals surface area contributed by atoms with Crippen LogP contribution >= 0.6 is 0 Å². The summed E-state index contributed by atoms with van der Waals surface area (Å²) in [6.45, 7) is 6.65. The Morgan fingerprint density at radius 2 is 1.65 bits per heavy atom. The number of nitrogens with zero attached hydrogens (tertiary/aromatic N) is 3. The van der Waals surface area contributed by atoms with Gasteiger partial charge in [-0.25, -0.2) is 8.42 Å². The Balaban J connectivity index is 1.23. The number of hydrogen-bond donors (Lipinski definition) is 1. The predicted octanol–water partition coefficient (Wildman–Crippen LogP) is 6.92. The van der Waals surface area contributed by atoms with Crippen LogP contribution in [0.25, 0.3) is 0 Å². The number of ether oxygens (including phenoxy) is 1. The van der Waals surface area contributed by atoms with Gasteiger partial charge in [-0.05, 0) is 85.7 Å². The van der Waals surface area contributed by atoms with E-state index in [1.165, 1.54) is 19.8 Å². The molecule has 1 heterocycles. The molecule has 3 aromatic rings. The summed E-state index contributed by atoms with van der Waals surface area (Å²) in [6, 6.07) is 19.6. The lowest BCUT2D eigenvalue weighted by molar-refractivity contribution is -0.131. The van der Waals surface area contributed by atoms with Crippen LogP contribution in [-0.2, 0) is 21.4 Å². The minimum absolute atomic E-state index is 0.0798. The van der Waals surface area contributed by atoms with Gasteiger partial charge in [0.15, 0.2) is 0 Å². The Morgan fingerprint density at radius 3 is 2.37 bits per heavy atom. The number of carbonyl (C=O) groups excluding carboxylic acids is 2. The van der Waals surface area contributed by atoms with Gasteiger partial charge < -0.3 is 9.64 Å². The van der Waals surface area contributed by atoms with E-state index in [1.54, 1.807) is 49.5 Å². The van der Waals surface area contributed by atoms with Crippen molar-refractivity contribution in [3.8, 4) is 5.75 Å². The molecule has 9 nitrogen and oxygen atoms in total. The molecule has 0 bridgehead atoms. The van der Waals surface area contributed by atoms with E-state index < -0.39 is 10.0 Å². The molecule has 1 saturated carbocycles. The lowest BCUT2D eigenvalue weighted by Gasteiger charge is -2.22. The molecule has 0 radical (unpaired) electrons. The molecule has 3 aromatic carbocycles. The number of nitrogens with one attached hydrogen (secondary N) is 1. The largest absolute Gasteiger partial charge is 0.427 e. The van der Waals surface area contributed by atoms with Crippen molar-refractivity contribution in [1.82, 2.24) is 9.80 Å². The number of hydrogen-bond acceptors (Lipinski definition) is 7. The van der Waals surface area contributed by atoms with E-state index in [9.17, 15) is 18.0 Å². The zero-order chi connectivity index (χ0) is 32.5. The van der Waals surface area contributed by atoms with Gasteiger partial charge in [0.05, 0.1) is 5.69 Å². The Bertz CT molecular complexity index is 1650. The first-order valence-corrected chi connectivity index (χ1v) is 17.8. The first kappa shape index (κ1) is 33.3. The number of anilines is 1. The van der Waals surface area contributed by atoms with Gasteiger partial charge in [-0.15, -0.1) is 0 Å². The lowest BCUT2D eigenvalue weighted by Crippen LogP contribution is -2.35. The first-order chi connectivity index (χ1) is 22.2. The molecule has 1 amide bonds. The van der Waals surface area contributed by atoms with E-state index in [0.717, 1.165) is 49.8 Å². The fourth-order valence-electron chi connectivity index (χ4n) is 6.48. The molecule has 1 aliphatic heterocycles. The van der Waals surface area contributed by atoms with Crippen LogP contribution in [0.5, 0.6) is 5.75 Å². The Kier molecular flexibility index (Phi) is 11.2. The second-order valence-electron chi connectivity index (χ2n) is 12.1. The van der Waals surface area contributed by atoms with Crippen molar-refractivity contribution in [2.45, 2.75) is 76.2 Å². The molecule has 1 aliphatic carbocycles. The van der Waals surface area contributed by atoms with Gasteiger partial charge in [-0.3, -0.25) is 24.2 Å². The summed E-state index contributed by atoms with van der Waals surface area (Å²) in [4.78, 5) is 33.6. The van der Waals surface area contributed by atoms with E-state index in [4.69, 9.17) is 4.74 Å². The predicted molar refractivity (Wildman–Crippen MR) is 182 cm³/mol. The summed E-state index contributed by atoms with van der Waals surface area (Å²) in [5.41, 5.74) is 3.46. The van der Waals surface area contributed by atoms with E-state index in [2.05, 4.69) is 14.6 Å². The quantitative estimate of drug-likeness (QED) is 0.117. The highest BCUT2D eigenvalue weighted by Gasteiger charge is 2.26. The van der Waals surface area contributed by atoms with E-state index in [1.807, 2.05) is 35.2 Å². The Morgan fingerprint density at radius 1 is 0.913 bits per heavy atom. The van der Waals surface area contributed by atoms with Crippen LogP contribution in [-0.4, -0.2) is 62.5 Å². The second-order valence-corrected chi connectivity index (χ2v) is 13.8. The molecule has 0 aromatic heterocycles. The molecule has 0 atom stereocenters. The summed E-state index contributed by atoms with van der Waals surface area (Å²) in [5, 5.41) is 0. The summed E-state index contributed by atoms with van der Waals surface area (Å²) < 4.78 is 35.2. The van der Waals surface area contributed by atoms with Crippen LogP contribution in [0.3, 0.4) is 0 Å². The molecular formula is C36H44N4O5S. The monoisotopic (exact) mass is 644 g/mol. The standard InChI is InChI=1S/C36H44N4O5S/c1-3-37-35-33(29-12-6-4-5-7-13-29)15-9-16-34(35)46(43,44)38-31-19-17-30(18-20-31)36(42)40-22-10-21-39(23-24-40)26-28-11-8-14-32(25-28)45-27(2)41/h3,8-9,11,14-20,25,29,38H,4-7,10,12-13,21-24,26H2,1-2H3. The molecule has 5 rings (SSSR count). The maximum Gasteiger partial charge on any atom is 0.308 e. The third-order valence-corrected chi connectivity index (χ3v) is 10.1. The lowest BCUT2D eigenvalue weighted by atomic mass is 9.90. The number of benzene rings is 3. The highest BCUT2D eigenvalue weighted by Crippen LogP contribution is 2.40. The molecule has 1 N–H and O–H groups in total. The van der Waals surface area contributed by atoms with Gasteiger partial charge in [-0.2, -0.15) is 0 Å². The number of para-hydroxylation sites is 1. The molecule has 244 valence electrons. The summed E-state index contributed by atoms with van der Waals surface area (Å²) in [6.07, 6.45) is 9.28. The zero-order valence-corrected chi connectivity index (χ0v) is 27.6. The summed E-state index contributed by atoms with van der Waals surface area (Å²) in [5.74, 6) is 0.396. The number of amides is 1. The average molecular weight is 645 g/mol. The number of esters is 1. The van der Waals surface area contributed by atoms with Gasteiger partial charge in [-0.1, -0.05) is 49.9 Å². The Hall–Kier alpha value is -4.02. The third kappa shape index (κ3) is 8.61. The van der Waals surface area contributed by atoms with Crippen molar-refractivity contribution in [2.75, 3.05) is 30.9 Å². The normalized spacial score (nSPS) is 17.0. The maximum atomic E-state index is 13.6. The SMILES string of the molecule is CC=Nc1c(C2CCCCCC2)cccc1S(=O)(=O)Nc1ccc(C(=O)N2CCCN(Cc3cccc(OC(C)=O)c3)CC2)cc1. The van der Waals surface area contributed by atoms with Crippen molar-refractivity contribution in [1.29, 1.82) is 0 Å². The van der Waals surface area contributed by atoms with Crippen LogP contribution in [0, 0.1) is 0 Å². The van der Waals surface area contributed by atoms with Crippen molar-refractivity contribution < 1.29 is 22.7 Å². The van der Waals surface area contributed by atoms with Gasteiger partial charge >= 0.3 is 5.97 Å². The smallest absolute Gasteiger partial charge is 0.308 e. The third-order valence-electron chi connectivity index (χ3n) is 8.70. The molecule has 2 fully saturated rings. The van der Waals surface area contributed by atoms with Gasteiger partial charge in [0.1, 0.15) is 10.6 Å². The molecule has 0 spiro atoms. The second kappa shape index (κ2) is 15.5. The number of rotatable bonds is 9. The molecule has 1 saturated heterocycles. The van der Waals surface area contributed by atoms with Crippen molar-refractivity contribution in [3.63, 3.8) is 0 Å². The van der Waals surface area contributed by atoms with Crippen molar-refractivity contribution in [3.05, 3.63) is 83.4 Å². The molecule has 46 heavy (non-hydrogen) atoms. The van der Waals surface area contributed by atoms with Gasteiger partial charge in [0.2, 0.25) is 0 Å². The Labute approximate surface area is 272 Å². The van der Waals surface area contributed by atoms with Crippen molar-refractivity contribution >= 4 is 39.5 Å². The minimum Gasteiger partial charge on any atom is -0.427 e. The van der Waals surface area contributed by atoms with E-state index in [0.29, 0.717) is 54.8 Å². The van der Waals surface area contributed by atoms with Gasteiger partial charge in [0, 0.05) is 57.1 Å². The van der Waals surface area contributed by atoms with Crippen LogP contribution in [0.15, 0.2) is 76.6 Å². The average Bonchev–Trinajstić information content (AvgIpc) is 3.45. The molecular weight excluding hydrogens is 600 g/mol. The number of aliphatic imine (C=N–C) groups is 1. The van der Waals surface area contributed by atoms with E-state index in [-0.39, 0.29) is 16.8 Å². The van der Waals surface area contributed by atoms with Gasteiger partial charge in [0.25, 0.3) is 15.9 Å². The van der Waals surface area contributed by atoms with Crippen LogP contribution in [0.1, 0.15) is 86.2 Å². The number of carbonyl (C=O) groups is 2.